The van der Waals surface area contributed by atoms with Crippen molar-refractivity contribution in [2.75, 3.05) is 6.54 Å². The summed E-state index contributed by atoms with van der Waals surface area (Å²) in [4.78, 5) is 0. The van der Waals surface area contributed by atoms with Gasteiger partial charge in [0.05, 0.1) is 18.2 Å². The molecule has 1 aromatic carbocycles. The third-order valence-electron chi connectivity index (χ3n) is 4.22. The van der Waals surface area contributed by atoms with Crippen molar-refractivity contribution in [3.63, 3.8) is 0 Å². The van der Waals surface area contributed by atoms with Gasteiger partial charge in [-0.1, -0.05) is 31.2 Å². The van der Waals surface area contributed by atoms with E-state index in [9.17, 15) is 0 Å². The van der Waals surface area contributed by atoms with Gasteiger partial charge in [-0.05, 0) is 43.4 Å². The Balaban J connectivity index is 1.73. The van der Waals surface area contributed by atoms with Crippen molar-refractivity contribution < 1.29 is 4.74 Å². The van der Waals surface area contributed by atoms with Crippen LogP contribution in [-0.4, -0.2) is 18.8 Å². The number of hydrogen-bond acceptors (Lipinski definition) is 2. The maximum Gasteiger partial charge on any atom is 0.0813 e. The van der Waals surface area contributed by atoms with Crippen LogP contribution in [0.1, 0.15) is 49.8 Å². The van der Waals surface area contributed by atoms with Crippen LogP contribution in [0.4, 0.5) is 0 Å². The zero-order valence-corrected chi connectivity index (χ0v) is 11.2. The van der Waals surface area contributed by atoms with Crippen LogP contribution in [0.5, 0.6) is 0 Å². The fourth-order valence-corrected chi connectivity index (χ4v) is 2.98. The van der Waals surface area contributed by atoms with E-state index in [4.69, 9.17) is 4.74 Å². The number of fused-ring (bicyclic) bond motifs is 1. The average Bonchev–Trinajstić information content (AvgIpc) is 2.69. The molecular weight excluding hydrogens is 222 g/mol. The number of ether oxygens (including phenoxy) is 1. The van der Waals surface area contributed by atoms with E-state index in [-0.39, 0.29) is 0 Å². The molecule has 0 amide bonds. The minimum Gasteiger partial charge on any atom is -0.373 e. The second-order valence-corrected chi connectivity index (χ2v) is 5.56. The molecule has 1 saturated carbocycles. The van der Waals surface area contributed by atoms with Crippen molar-refractivity contribution in [1.29, 1.82) is 0 Å². The van der Waals surface area contributed by atoms with E-state index in [0.717, 1.165) is 13.0 Å². The highest BCUT2D eigenvalue weighted by atomic mass is 16.5. The van der Waals surface area contributed by atoms with Crippen molar-refractivity contribution in [2.45, 2.75) is 57.3 Å². The Morgan fingerprint density at radius 3 is 2.83 bits per heavy atom. The molecule has 1 aromatic rings. The summed E-state index contributed by atoms with van der Waals surface area (Å²) < 4.78 is 6.28. The molecule has 98 valence electrons. The van der Waals surface area contributed by atoms with Crippen LogP contribution >= 0.6 is 0 Å². The van der Waals surface area contributed by atoms with Crippen molar-refractivity contribution in [2.24, 2.45) is 0 Å². The summed E-state index contributed by atoms with van der Waals surface area (Å²) in [6.07, 6.45) is 6.98. The van der Waals surface area contributed by atoms with Crippen LogP contribution in [-0.2, 0) is 11.2 Å². The largest absolute Gasteiger partial charge is 0.373 e. The third kappa shape index (κ3) is 2.32. The summed E-state index contributed by atoms with van der Waals surface area (Å²) >= 11 is 0. The molecule has 3 rings (SSSR count). The van der Waals surface area contributed by atoms with Gasteiger partial charge >= 0.3 is 0 Å². The van der Waals surface area contributed by atoms with E-state index in [1.165, 1.54) is 36.8 Å². The lowest BCUT2D eigenvalue weighted by Crippen LogP contribution is -2.36. The van der Waals surface area contributed by atoms with Gasteiger partial charge in [0.2, 0.25) is 0 Å². The van der Waals surface area contributed by atoms with E-state index < -0.39 is 0 Å². The number of rotatable bonds is 5. The van der Waals surface area contributed by atoms with Gasteiger partial charge in [0.1, 0.15) is 0 Å². The Morgan fingerprint density at radius 1 is 1.28 bits per heavy atom. The highest BCUT2D eigenvalue weighted by Gasteiger charge is 2.35. The zero-order chi connectivity index (χ0) is 12.4. The summed E-state index contributed by atoms with van der Waals surface area (Å²) in [6, 6.07) is 9.20. The second-order valence-electron chi connectivity index (χ2n) is 5.56. The van der Waals surface area contributed by atoms with Crippen LogP contribution < -0.4 is 5.32 Å². The molecule has 0 radical (unpaired) electrons. The lowest BCUT2D eigenvalue weighted by atomic mass is 9.95. The van der Waals surface area contributed by atoms with Crippen LogP contribution in [0.25, 0.3) is 0 Å². The van der Waals surface area contributed by atoms with Crippen LogP contribution in [0, 0.1) is 0 Å². The molecule has 2 atom stereocenters. The van der Waals surface area contributed by atoms with E-state index in [0.29, 0.717) is 18.2 Å². The molecular formula is C16H23NO. The molecule has 1 fully saturated rings. The zero-order valence-electron chi connectivity index (χ0n) is 11.2. The standard InChI is InChI=1S/C16H23NO/c1-2-10-17-16-14-9-4-3-6-12(14)11-15(16)18-13-7-5-8-13/h3-4,6,9,13,15-17H,2,5,7-8,10-11H2,1H3. The molecule has 2 aliphatic rings. The summed E-state index contributed by atoms with van der Waals surface area (Å²) in [5.41, 5.74) is 2.92. The summed E-state index contributed by atoms with van der Waals surface area (Å²) in [5, 5.41) is 3.67. The molecule has 0 heterocycles. The van der Waals surface area contributed by atoms with Gasteiger partial charge in [0.15, 0.2) is 0 Å². The fourth-order valence-electron chi connectivity index (χ4n) is 2.98. The summed E-state index contributed by atoms with van der Waals surface area (Å²) in [5.74, 6) is 0. The average molecular weight is 245 g/mol. The molecule has 0 aliphatic heterocycles. The Hall–Kier alpha value is -0.860. The molecule has 2 heteroatoms. The highest BCUT2D eigenvalue weighted by molar-refractivity contribution is 5.36. The molecule has 2 nitrogen and oxygen atoms in total. The lowest BCUT2D eigenvalue weighted by molar-refractivity contribution is -0.0611. The third-order valence-corrected chi connectivity index (χ3v) is 4.22. The Morgan fingerprint density at radius 2 is 2.11 bits per heavy atom. The maximum absolute atomic E-state index is 6.28. The Bertz CT molecular complexity index is 400. The van der Waals surface area contributed by atoms with Gasteiger partial charge in [0, 0.05) is 6.42 Å². The minimum atomic E-state index is 0.347. The van der Waals surface area contributed by atoms with Gasteiger partial charge in [-0.25, -0.2) is 0 Å². The van der Waals surface area contributed by atoms with Crippen LogP contribution in [0.15, 0.2) is 24.3 Å². The number of hydrogen-bond donors (Lipinski definition) is 1. The van der Waals surface area contributed by atoms with E-state index in [1.54, 1.807) is 0 Å². The van der Waals surface area contributed by atoms with Crippen LogP contribution in [0.2, 0.25) is 0 Å². The quantitative estimate of drug-likeness (QED) is 0.860. The predicted octanol–water partition coefficient (Wildman–Crippen LogP) is 3.22. The SMILES string of the molecule is CCCNC1c2ccccc2CC1OC1CCC1. The smallest absolute Gasteiger partial charge is 0.0813 e. The summed E-state index contributed by atoms with van der Waals surface area (Å²) in [7, 11) is 0. The number of nitrogens with one attached hydrogen (secondary N) is 1. The van der Waals surface area contributed by atoms with Gasteiger partial charge in [-0.15, -0.1) is 0 Å². The van der Waals surface area contributed by atoms with Gasteiger partial charge in [-0.3, -0.25) is 0 Å². The Labute approximate surface area is 110 Å². The first kappa shape index (κ1) is 12.2. The first-order valence-electron chi connectivity index (χ1n) is 7.35. The van der Waals surface area contributed by atoms with Crippen molar-refractivity contribution in [3.8, 4) is 0 Å². The van der Waals surface area contributed by atoms with E-state index in [1.807, 2.05) is 0 Å². The van der Waals surface area contributed by atoms with Gasteiger partial charge in [0.25, 0.3) is 0 Å². The minimum absolute atomic E-state index is 0.347. The molecule has 0 spiro atoms. The molecule has 18 heavy (non-hydrogen) atoms. The topological polar surface area (TPSA) is 21.3 Å². The highest BCUT2D eigenvalue weighted by Crippen LogP contribution is 2.36. The molecule has 2 unspecified atom stereocenters. The fraction of sp³-hybridized carbons (Fsp3) is 0.625. The molecule has 0 aromatic heterocycles. The Kier molecular flexibility index (Phi) is 3.67. The van der Waals surface area contributed by atoms with Crippen molar-refractivity contribution in [3.05, 3.63) is 35.4 Å². The van der Waals surface area contributed by atoms with Crippen molar-refractivity contribution >= 4 is 0 Å². The van der Waals surface area contributed by atoms with Crippen LogP contribution in [0.3, 0.4) is 0 Å². The summed E-state index contributed by atoms with van der Waals surface area (Å²) in [6.45, 7) is 3.29. The monoisotopic (exact) mass is 245 g/mol. The van der Waals surface area contributed by atoms with Crippen molar-refractivity contribution in [1.82, 2.24) is 5.32 Å². The van der Waals surface area contributed by atoms with E-state index >= 15 is 0 Å². The van der Waals surface area contributed by atoms with Gasteiger partial charge < -0.3 is 10.1 Å². The molecule has 2 aliphatic carbocycles. The number of benzene rings is 1. The molecule has 1 N–H and O–H groups in total. The normalized spacial score (nSPS) is 26.9. The van der Waals surface area contributed by atoms with E-state index in [2.05, 4.69) is 36.5 Å². The molecule has 0 bridgehead atoms. The van der Waals surface area contributed by atoms with Gasteiger partial charge in [-0.2, -0.15) is 0 Å². The predicted molar refractivity (Wildman–Crippen MR) is 73.7 cm³/mol. The first-order chi connectivity index (χ1) is 8.88. The first-order valence-corrected chi connectivity index (χ1v) is 7.35. The molecule has 0 saturated heterocycles. The second kappa shape index (κ2) is 5.41. The maximum atomic E-state index is 6.28. The lowest BCUT2D eigenvalue weighted by Gasteiger charge is -2.32.